The number of hydrogen-bond donors (Lipinski definition) is 0. The minimum atomic E-state index is 0.0405. The van der Waals surface area contributed by atoms with Gasteiger partial charge in [0.05, 0.1) is 11.8 Å². The number of furan rings is 1. The molecule has 1 heterocycles. The summed E-state index contributed by atoms with van der Waals surface area (Å²) < 4.78 is 6.50. The summed E-state index contributed by atoms with van der Waals surface area (Å²) in [6, 6.07) is 9.38. The molecule has 2 aromatic rings. The summed E-state index contributed by atoms with van der Waals surface area (Å²) in [5.74, 6) is 0.0405. The van der Waals surface area contributed by atoms with Crippen molar-refractivity contribution in [3.8, 4) is 0 Å². The van der Waals surface area contributed by atoms with Gasteiger partial charge in [0.1, 0.15) is 0 Å². The number of carbonyl (C=O) groups excluding carboxylic acids is 1. The molecular formula is C12H8Br2O2. The van der Waals surface area contributed by atoms with Gasteiger partial charge in [-0.05, 0) is 39.7 Å². The molecule has 0 N–H and O–H groups in total. The summed E-state index contributed by atoms with van der Waals surface area (Å²) in [6.45, 7) is 0. The normalized spacial score (nSPS) is 10.4. The van der Waals surface area contributed by atoms with Crippen LogP contribution in [0.3, 0.4) is 0 Å². The number of rotatable bonds is 3. The number of carbonyl (C=O) groups is 1. The van der Waals surface area contributed by atoms with E-state index in [1.54, 1.807) is 6.07 Å². The lowest BCUT2D eigenvalue weighted by molar-refractivity contribution is 0.0991. The predicted molar refractivity (Wildman–Crippen MR) is 68.6 cm³/mol. The van der Waals surface area contributed by atoms with Crippen molar-refractivity contribution in [2.24, 2.45) is 0 Å². The highest BCUT2D eigenvalue weighted by Crippen LogP contribution is 2.20. The van der Waals surface area contributed by atoms with Crippen molar-refractivity contribution < 1.29 is 9.21 Å². The quantitative estimate of drug-likeness (QED) is 0.780. The Morgan fingerprint density at radius 1 is 1.25 bits per heavy atom. The van der Waals surface area contributed by atoms with Crippen molar-refractivity contribution in [2.75, 3.05) is 0 Å². The SMILES string of the molecule is O=C(Cc1cccc(Br)c1)c1ccoc1Br. The van der Waals surface area contributed by atoms with Crippen LogP contribution in [0.15, 0.2) is 50.2 Å². The van der Waals surface area contributed by atoms with Gasteiger partial charge in [-0.3, -0.25) is 4.79 Å². The van der Waals surface area contributed by atoms with E-state index in [4.69, 9.17) is 4.42 Å². The molecule has 0 amide bonds. The zero-order valence-corrected chi connectivity index (χ0v) is 11.4. The monoisotopic (exact) mass is 342 g/mol. The van der Waals surface area contributed by atoms with Crippen molar-refractivity contribution in [3.05, 3.63) is 56.9 Å². The van der Waals surface area contributed by atoms with Gasteiger partial charge >= 0.3 is 0 Å². The number of Topliss-reactive ketones (excluding diaryl/α,β-unsaturated/α-hetero) is 1. The van der Waals surface area contributed by atoms with Gasteiger partial charge in [0.2, 0.25) is 0 Å². The molecule has 0 saturated carbocycles. The van der Waals surface area contributed by atoms with Crippen LogP contribution in [0.5, 0.6) is 0 Å². The van der Waals surface area contributed by atoms with Crippen LogP contribution in [-0.2, 0) is 6.42 Å². The number of halogens is 2. The third kappa shape index (κ3) is 2.62. The molecular weight excluding hydrogens is 336 g/mol. The molecule has 16 heavy (non-hydrogen) atoms. The van der Waals surface area contributed by atoms with Gasteiger partial charge in [-0.15, -0.1) is 0 Å². The fourth-order valence-electron chi connectivity index (χ4n) is 1.42. The third-order valence-corrected chi connectivity index (χ3v) is 3.28. The Hall–Kier alpha value is -0.870. The lowest BCUT2D eigenvalue weighted by Gasteiger charge is -2.00. The molecule has 0 bridgehead atoms. The number of hydrogen-bond acceptors (Lipinski definition) is 2. The third-order valence-electron chi connectivity index (χ3n) is 2.17. The van der Waals surface area contributed by atoms with Crippen molar-refractivity contribution >= 4 is 37.6 Å². The first-order valence-corrected chi connectivity index (χ1v) is 6.26. The molecule has 0 spiro atoms. The molecule has 0 fully saturated rings. The summed E-state index contributed by atoms with van der Waals surface area (Å²) in [5, 5.41) is 0. The van der Waals surface area contributed by atoms with Crippen molar-refractivity contribution in [1.29, 1.82) is 0 Å². The van der Waals surface area contributed by atoms with Gasteiger partial charge in [-0.25, -0.2) is 0 Å². The highest BCUT2D eigenvalue weighted by Gasteiger charge is 2.13. The zero-order chi connectivity index (χ0) is 11.5. The molecule has 0 saturated heterocycles. The molecule has 1 aromatic carbocycles. The van der Waals surface area contributed by atoms with Crippen LogP contribution in [0, 0.1) is 0 Å². The molecule has 0 aliphatic rings. The van der Waals surface area contributed by atoms with Gasteiger partial charge < -0.3 is 4.42 Å². The second-order valence-electron chi connectivity index (χ2n) is 3.34. The molecule has 0 aliphatic carbocycles. The van der Waals surface area contributed by atoms with E-state index >= 15 is 0 Å². The summed E-state index contributed by atoms with van der Waals surface area (Å²) in [7, 11) is 0. The van der Waals surface area contributed by atoms with Crippen molar-refractivity contribution in [3.63, 3.8) is 0 Å². The molecule has 0 unspecified atom stereocenters. The second-order valence-corrected chi connectivity index (χ2v) is 4.97. The van der Waals surface area contributed by atoms with E-state index in [1.165, 1.54) is 6.26 Å². The fourth-order valence-corrected chi connectivity index (χ4v) is 2.33. The minimum Gasteiger partial charge on any atom is -0.457 e. The molecule has 0 aliphatic heterocycles. The van der Waals surface area contributed by atoms with E-state index in [9.17, 15) is 4.79 Å². The predicted octanol–water partition coefficient (Wildman–Crippen LogP) is 4.23. The molecule has 2 rings (SSSR count). The first-order valence-electron chi connectivity index (χ1n) is 4.67. The molecule has 2 nitrogen and oxygen atoms in total. The van der Waals surface area contributed by atoms with Gasteiger partial charge in [-0.1, -0.05) is 28.1 Å². The molecule has 82 valence electrons. The Labute approximate surface area is 110 Å². The van der Waals surface area contributed by atoms with E-state index in [0.717, 1.165) is 10.0 Å². The Morgan fingerprint density at radius 3 is 2.69 bits per heavy atom. The Bertz CT molecular complexity index is 517. The molecule has 4 heteroatoms. The van der Waals surface area contributed by atoms with Crippen LogP contribution in [0.4, 0.5) is 0 Å². The van der Waals surface area contributed by atoms with Crippen LogP contribution in [0.25, 0.3) is 0 Å². The van der Waals surface area contributed by atoms with Gasteiger partial charge in [0.15, 0.2) is 10.5 Å². The minimum absolute atomic E-state index is 0.0405. The van der Waals surface area contributed by atoms with E-state index in [2.05, 4.69) is 31.9 Å². The van der Waals surface area contributed by atoms with Crippen LogP contribution in [0.1, 0.15) is 15.9 Å². The van der Waals surface area contributed by atoms with Crippen LogP contribution >= 0.6 is 31.9 Å². The van der Waals surface area contributed by atoms with Crippen molar-refractivity contribution in [2.45, 2.75) is 6.42 Å². The van der Waals surface area contributed by atoms with Gasteiger partial charge in [0.25, 0.3) is 0 Å². The summed E-state index contributed by atoms with van der Waals surface area (Å²) in [4.78, 5) is 11.9. The smallest absolute Gasteiger partial charge is 0.179 e. The van der Waals surface area contributed by atoms with Crippen LogP contribution in [-0.4, -0.2) is 5.78 Å². The number of benzene rings is 1. The average Bonchev–Trinajstić information content (AvgIpc) is 2.64. The second kappa shape index (κ2) is 4.97. The summed E-state index contributed by atoms with van der Waals surface area (Å²) in [5.41, 5.74) is 1.56. The standard InChI is InChI=1S/C12H8Br2O2/c13-9-3-1-2-8(6-9)7-11(15)10-4-5-16-12(10)14/h1-6H,7H2. The Balaban J connectivity index is 2.17. The topological polar surface area (TPSA) is 30.2 Å². The van der Waals surface area contributed by atoms with Gasteiger partial charge in [-0.2, -0.15) is 0 Å². The molecule has 1 aromatic heterocycles. The van der Waals surface area contributed by atoms with Crippen LogP contribution in [0.2, 0.25) is 0 Å². The fraction of sp³-hybridized carbons (Fsp3) is 0.0833. The highest BCUT2D eigenvalue weighted by molar-refractivity contribution is 9.10. The maximum absolute atomic E-state index is 11.9. The lowest BCUT2D eigenvalue weighted by atomic mass is 10.1. The van der Waals surface area contributed by atoms with Crippen molar-refractivity contribution in [1.82, 2.24) is 0 Å². The first-order chi connectivity index (χ1) is 7.66. The summed E-state index contributed by atoms with van der Waals surface area (Å²) >= 11 is 6.57. The largest absolute Gasteiger partial charge is 0.457 e. The molecule has 0 atom stereocenters. The first kappa shape index (κ1) is 11.6. The van der Waals surface area contributed by atoms with E-state index in [0.29, 0.717) is 16.7 Å². The maximum atomic E-state index is 11.9. The Morgan fingerprint density at radius 2 is 2.06 bits per heavy atom. The number of ketones is 1. The maximum Gasteiger partial charge on any atom is 0.179 e. The van der Waals surface area contributed by atoms with Gasteiger partial charge in [0, 0.05) is 10.9 Å². The van der Waals surface area contributed by atoms with E-state index in [1.807, 2.05) is 24.3 Å². The lowest BCUT2D eigenvalue weighted by Crippen LogP contribution is -2.02. The summed E-state index contributed by atoms with van der Waals surface area (Å²) in [6.07, 6.45) is 1.87. The van der Waals surface area contributed by atoms with E-state index < -0.39 is 0 Å². The van der Waals surface area contributed by atoms with Crippen LogP contribution < -0.4 is 0 Å². The van der Waals surface area contributed by atoms with E-state index in [-0.39, 0.29) is 5.78 Å². The average molecular weight is 344 g/mol. The Kier molecular flexibility index (Phi) is 3.61. The zero-order valence-electron chi connectivity index (χ0n) is 8.24. The molecule has 0 radical (unpaired) electrons. The highest BCUT2D eigenvalue weighted by atomic mass is 79.9.